The number of aromatic nitrogens is 3. The molecule has 4 aromatic rings. The fourth-order valence-corrected chi connectivity index (χ4v) is 3.00. The molecule has 6 heteroatoms. The number of hydrogen-bond acceptors (Lipinski definition) is 3. The maximum absolute atomic E-state index is 12.7. The summed E-state index contributed by atoms with van der Waals surface area (Å²) in [5.74, 6) is 0.585. The first kappa shape index (κ1) is 16.0. The lowest BCUT2D eigenvalue weighted by molar-refractivity contribution is 0.0952. The number of nitrogens with zero attached hydrogens (tertiary/aromatic N) is 2. The predicted octanol–water partition coefficient (Wildman–Crippen LogP) is 3.29. The summed E-state index contributed by atoms with van der Waals surface area (Å²) in [6.45, 7) is 0.420. The van der Waals surface area contributed by atoms with Crippen LogP contribution in [0.15, 0.2) is 67.4 Å². The Labute approximate surface area is 150 Å². The van der Waals surface area contributed by atoms with Gasteiger partial charge in [0.15, 0.2) is 0 Å². The van der Waals surface area contributed by atoms with Crippen molar-refractivity contribution >= 4 is 16.8 Å². The highest BCUT2D eigenvalue weighted by molar-refractivity contribution is 6.07. The molecule has 0 unspecified atom stereocenters. The molecular formula is C20H18N4O2. The highest BCUT2D eigenvalue weighted by Gasteiger charge is 2.13. The average molecular weight is 346 g/mol. The maximum Gasteiger partial charge on any atom is 0.253 e. The Balaban J connectivity index is 1.57. The number of methoxy groups -OCH3 is 1. The molecule has 4 rings (SSSR count). The van der Waals surface area contributed by atoms with Gasteiger partial charge in [0.1, 0.15) is 5.75 Å². The molecule has 0 aliphatic rings. The number of nitrogens with one attached hydrogen (secondary N) is 2. The van der Waals surface area contributed by atoms with Crippen LogP contribution in [0.1, 0.15) is 15.9 Å². The van der Waals surface area contributed by atoms with Gasteiger partial charge in [-0.25, -0.2) is 4.98 Å². The van der Waals surface area contributed by atoms with E-state index in [0.29, 0.717) is 12.1 Å². The van der Waals surface area contributed by atoms with E-state index in [-0.39, 0.29) is 5.91 Å². The number of H-pyrrole nitrogens is 1. The summed E-state index contributed by atoms with van der Waals surface area (Å²) in [6, 6.07) is 13.5. The zero-order chi connectivity index (χ0) is 17.9. The van der Waals surface area contributed by atoms with E-state index in [0.717, 1.165) is 27.9 Å². The fraction of sp³-hybridized carbons (Fsp3) is 0.100. The Hall–Kier alpha value is -3.54. The van der Waals surface area contributed by atoms with E-state index >= 15 is 0 Å². The highest BCUT2D eigenvalue weighted by atomic mass is 16.5. The lowest BCUT2D eigenvalue weighted by atomic mass is 10.1. The number of para-hydroxylation sites is 1. The van der Waals surface area contributed by atoms with Gasteiger partial charge >= 0.3 is 0 Å². The highest BCUT2D eigenvalue weighted by Crippen LogP contribution is 2.23. The Morgan fingerprint density at radius 1 is 1.27 bits per heavy atom. The summed E-state index contributed by atoms with van der Waals surface area (Å²) in [5.41, 5.74) is 3.50. The van der Waals surface area contributed by atoms with Crippen molar-refractivity contribution < 1.29 is 9.53 Å². The third-order valence-corrected chi connectivity index (χ3v) is 4.35. The van der Waals surface area contributed by atoms with Crippen molar-refractivity contribution in [3.05, 3.63) is 78.5 Å². The molecule has 2 heterocycles. The summed E-state index contributed by atoms with van der Waals surface area (Å²) in [6.07, 6.45) is 7.08. The molecule has 2 aromatic carbocycles. The molecular weight excluding hydrogens is 328 g/mol. The van der Waals surface area contributed by atoms with Gasteiger partial charge in [0, 0.05) is 36.0 Å². The van der Waals surface area contributed by atoms with E-state index in [1.54, 1.807) is 25.8 Å². The molecule has 0 atom stereocenters. The standard InChI is InChI=1S/C20H18N4O2/c1-26-15-6-7-18-16(10-15)17(12-22-18)20(25)23-11-14-4-2-3-5-19(14)24-9-8-21-13-24/h2-10,12-13,22H,11H2,1H3,(H,23,25). The number of amides is 1. The van der Waals surface area contributed by atoms with Gasteiger partial charge < -0.3 is 19.6 Å². The first-order valence-electron chi connectivity index (χ1n) is 8.26. The Bertz CT molecular complexity index is 1050. The minimum atomic E-state index is -0.134. The van der Waals surface area contributed by atoms with Crippen LogP contribution >= 0.6 is 0 Å². The maximum atomic E-state index is 12.7. The van der Waals surface area contributed by atoms with Gasteiger partial charge in [-0.2, -0.15) is 0 Å². The van der Waals surface area contributed by atoms with Gasteiger partial charge in [0.05, 0.1) is 24.7 Å². The lowest BCUT2D eigenvalue weighted by Crippen LogP contribution is -2.23. The largest absolute Gasteiger partial charge is 0.497 e. The molecule has 2 aromatic heterocycles. The number of hydrogen-bond donors (Lipinski definition) is 2. The number of imidazole rings is 1. The number of rotatable bonds is 5. The van der Waals surface area contributed by atoms with Crippen molar-refractivity contribution in [2.45, 2.75) is 6.54 Å². The third kappa shape index (κ3) is 2.93. The summed E-state index contributed by atoms with van der Waals surface area (Å²) in [5, 5.41) is 3.84. The summed E-state index contributed by atoms with van der Waals surface area (Å²) < 4.78 is 7.19. The van der Waals surface area contributed by atoms with Gasteiger partial charge in [0.25, 0.3) is 5.91 Å². The van der Waals surface area contributed by atoms with Crippen molar-refractivity contribution in [2.24, 2.45) is 0 Å². The summed E-state index contributed by atoms with van der Waals surface area (Å²) in [4.78, 5) is 19.9. The molecule has 0 saturated heterocycles. The monoisotopic (exact) mass is 346 g/mol. The molecule has 0 saturated carbocycles. The molecule has 0 fully saturated rings. The van der Waals surface area contributed by atoms with Gasteiger partial charge in [-0.3, -0.25) is 4.79 Å². The van der Waals surface area contributed by atoms with Gasteiger partial charge in [-0.1, -0.05) is 18.2 Å². The van der Waals surface area contributed by atoms with E-state index < -0.39 is 0 Å². The number of aromatic amines is 1. The second-order valence-corrected chi connectivity index (χ2v) is 5.90. The third-order valence-electron chi connectivity index (χ3n) is 4.35. The van der Waals surface area contributed by atoms with Gasteiger partial charge in [-0.05, 0) is 29.8 Å². The minimum Gasteiger partial charge on any atom is -0.497 e. The average Bonchev–Trinajstić information content (AvgIpc) is 3.35. The number of ether oxygens (including phenoxy) is 1. The van der Waals surface area contributed by atoms with Crippen LogP contribution in [0.5, 0.6) is 5.75 Å². The summed E-state index contributed by atoms with van der Waals surface area (Å²) >= 11 is 0. The minimum absolute atomic E-state index is 0.134. The topological polar surface area (TPSA) is 71.9 Å². The molecule has 0 spiro atoms. The van der Waals surface area contributed by atoms with Crippen LogP contribution in [-0.2, 0) is 6.54 Å². The Morgan fingerprint density at radius 3 is 2.96 bits per heavy atom. The molecule has 1 amide bonds. The molecule has 130 valence electrons. The second-order valence-electron chi connectivity index (χ2n) is 5.90. The van der Waals surface area contributed by atoms with E-state index in [1.165, 1.54) is 0 Å². The molecule has 0 aliphatic heterocycles. The Morgan fingerprint density at radius 2 is 2.15 bits per heavy atom. The first-order valence-corrected chi connectivity index (χ1v) is 8.26. The molecule has 0 radical (unpaired) electrons. The van der Waals surface area contributed by atoms with Crippen LogP contribution in [0.4, 0.5) is 0 Å². The zero-order valence-electron chi connectivity index (χ0n) is 14.3. The van der Waals surface area contributed by atoms with Crippen LogP contribution in [0.2, 0.25) is 0 Å². The summed E-state index contributed by atoms with van der Waals surface area (Å²) in [7, 11) is 1.61. The van der Waals surface area contributed by atoms with Crippen molar-refractivity contribution in [1.29, 1.82) is 0 Å². The second kappa shape index (κ2) is 6.76. The van der Waals surface area contributed by atoms with E-state index in [4.69, 9.17) is 4.74 Å². The zero-order valence-corrected chi connectivity index (χ0v) is 14.3. The van der Waals surface area contributed by atoms with Gasteiger partial charge in [-0.15, -0.1) is 0 Å². The molecule has 26 heavy (non-hydrogen) atoms. The van der Waals surface area contributed by atoms with Crippen LogP contribution in [-0.4, -0.2) is 27.6 Å². The smallest absolute Gasteiger partial charge is 0.253 e. The van der Waals surface area contributed by atoms with Crippen molar-refractivity contribution in [3.63, 3.8) is 0 Å². The number of carbonyl (C=O) groups is 1. The predicted molar refractivity (Wildman–Crippen MR) is 99.6 cm³/mol. The first-order chi connectivity index (χ1) is 12.8. The van der Waals surface area contributed by atoms with Crippen LogP contribution in [0, 0.1) is 0 Å². The quantitative estimate of drug-likeness (QED) is 0.582. The normalized spacial score (nSPS) is 10.8. The van der Waals surface area contributed by atoms with E-state index in [9.17, 15) is 4.79 Å². The molecule has 2 N–H and O–H groups in total. The number of benzene rings is 2. The van der Waals surface area contributed by atoms with Gasteiger partial charge in [0.2, 0.25) is 0 Å². The Kier molecular flexibility index (Phi) is 4.15. The van der Waals surface area contributed by atoms with Crippen molar-refractivity contribution in [2.75, 3.05) is 7.11 Å². The van der Waals surface area contributed by atoms with E-state index in [1.807, 2.05) is 53.2 Å². The molecule has 0 bridgehead atoms. The number of fused-ring (bicyclic) bond motifs is 1. The lowest BCUT2D eigenvalue weighted by Gasteiger charge is -2.11. The van der Waals surface area contributed by atoms with Crippen molar-refractivity contribution in [3.8, 4) is 11.4 Å². The van der Waals surface area contributed by atoms with Crippen LogP contribution in [0.25, 0.3) is 16.6 Å². The fourth-order valence-electron chi connectivity index (χ4n) is 3.00. The molecule has 6 nitrogen and oxygen atoms in total. The molecule has 0 aliphatic carbocycles. The SMILES string of the molecule is COc1ccc2[nH]cc(C(=O)NCc3ccccc3-n3ccnc3)c2c1. The van der Waals surface area contributed by atoms with Crippen LogP contribution < -0.4 is 10.1 Å². The van der Waals surface area contributed by atoms with Crippen molar-refractivity contribution in [1.82, 2.24) is 19.9 Å². The van der Waals surface area contributed by atoms with Crippen LogP contribution in [0.3, 0.4) is 0 Å². The number of carbonyl (C=O) groups excluding carboxylic acids is 1. The van der Waals surface area contributed by atoms with E-state index in [2.05, 4.69) is 15.3 Å².